The Bertz CT molecular complexity index is 136. The second kappa shape index (κ2) is 5.31. The largest absolute Gasteiger partial charge is 0.303 e. The molecular formula is C10H19NO. The van der Waals surface area contributed by atoms with E-state index in [9.17, 15) is 4.79 Å². The molecule has 0 aliphatic carbocycles. The molecule has 1 heterocycles. The van der Waals surface area contributed by atoms with Gasteiger partial charge in [-0.3, -0.25) is 0 Å². The van der Waals surface area contributed by atoms with Crippen LogP contribution in [0.15, 0.2) is 0 Å². The highest BCUT2D eigenvalue weighted by Crippen LogP contribution is 2.19. The minimum Gasteiger partial charge on any atom is -0.303 e. The van der Waals surface area contributed by atoms with Gasteiger partial charge in [-0.25, -0.2) is 0 Å². The van der Waals surface area contributed by atoms with Crippen molar-refractivity contribution in [1.29, 1.82) is 0 Å². The van der Waals surface area contributed by atoms with Gasteiger partial charge in [0.2, 0.25) is 0 Å². The first-order valence-corrected chi connectivity index (χ1v) is 4.98. The van der Waals surface area contributed by atoms with Crippen molar-refractivity contribution in [2.75, 3.05) is 13.6 Å². The molecule has 0 N–H and O–H groups in total. The fourth-order valence-corrected chi connectivity index (χ4v) is 1.95. The first-order chi connectivity index (χ1) is 5.84. The zero-order chi connectivity index (χ0) is 8.81. The highest BCUT2D eigenvalue weighted by atomic mass is 16.1. The zero-order valence-electron chi connectivity index (χ0n) is 7.96. The molecule has 1 saturated heterocycles. The third-order valence-corrected chi connectivity index (χ3v) is 2.78. The lowest BCUT2D eigenvalue weighted by atomic mass is 10.1. The average Bonchev–Trinajstić information content (AvgIpc) is 2.46. The second-order valence-electron chi connectivity index (χ2n) is 3.73. The fourth-order valence-electron chi connectivity index (χ4n) is 1.95. The second-order valence-corrected chi connectivity index (χ2v) is 3.73. The smallest absolute Gasteiger partial charge is 0.119 e. The predicted molar refractivity (Wildman–Crippen MR) is 50.2 cm³/mol. The summed E-state index contributed by atoms with van der Waals surface area (Å²) in [5.41, 5.74) is 0. The van der Waals surface area contributed by atoms with Crippen LogP contribution in [0.25, 0.3) is 0 Å². The summed E-state index contributed by atoms with van der Waals surface area (Å²) in [4.78, 5) is 12.5. The van der Waals surface area contributed by atoms with Gasteiger partial charge < -0.3 is 9.69 Å². The van der Waals surface area contributed by atoms with E-state index < -0.39 is 0 Å². The lowest BCUT2D eigenvalue weighted by Crippen LogP contribution is -2.24. The van der Waals surface area contributed by atoms with E-state index >= 15 is 0 Å². The molecule has 0 aromatic rings. The fraction of sp³-hybridized carbons (Fsp3) is 0.900. The molecule has 0 bridgehead atoms. The Morgan fingerprint density at radius 1 is 1.50 bits per heavy atom. The molecule has 1 rings (SSSR count). The van der Waals surface area contributed by atoms with Crippen LogP contribution in [0.3, 0.4) is 0 Å². The Morgan fingerprint density at radius 3 is 2.92 bits per heavy atom. The average molecular weight is 169 g/mol. The van der Waals surface area contributed by atoms with Crippen molar-refractivity contribution in [2.24, 2.45) is 0 Å². The molecule has 0 saturated carbocycles. The van der Waals surface area contributed by atoms with Crippen LogP contribution in [0.2, 0.25) is 0 Å². The van der Waals surface area contributed by atoms with E-state index in [0.29, 0.717) is 0 Å². The van der Waals surface area contributed by atoms with E-state index in [1.54, 1.807) is 0 Å². The molecule has 1 aliphatic rings. The first-order valence-electron chi connectivity index (χ1n) is 4.98. The van der Waals surface area contributed by atoms with Crippen LogP contribution >= 0.6 is 0 Å². The van der Waals surface area contributed by atoms with Gasteiger partial charge in [-0.05, 0) is 39.3 Å². The summed E-state index contributed by atoms with van der Waals surface area (Å²) in [6.07, 6.45) is 8.06. The SMILES string of the molecule is CN1CCCC1CCCCC=O. The van der Waals surface area contributed by atoms with Crippen molar-refractivity contribution in [3.63, 3.8) is 0 Å². The quantitative estimate of drug-likeness (QED) is 0.462. The normalized spacial score (nSPS) is 24.6. The maximum absolute atomic E-state index is 10.1. The number of hydrogen-bond acceptors (Lipinski definition) is 2. The summed E-state index contributed by atoms with van der Waals surface area (Å²) in [5, 5.41) is 0. The highest BCUT2D eigenvalue weighted by Gasteiger charge is 2.19. The molecule has 0 spiro atoms. The lowest BCUT2D eigenvalue weighted by molar-refractivity contribution is -0.107. The van der Waals surface area contributed by atoms with Gasteiger partial charge in [0.15, 0.2) is 0 Å². The topological polar surface area (TPSA) is 20.3 Å². The Balaban J connectivity index is 2.02. The van der Waals surface area contributed by atoms with E-state index in [4.69, 9.17) is 0 Å². The summed E-state index contributed by atoms with van der Waals surface area (Å²) in [6, 6.07) is 0.802. The summed E-state index contributed by atoms with van der Waals surface area (Å²) in [6.45, 7) is 1.26. The van der Waals surface area contributed by atoms with Crippen LogP contribution in [-0.4, -0.2) is 30.8 Å². The maximum Gasteiger partial charge on any atom is 0.119 e. The minimum atomic E-state index is 0.746. The van der Waals surface area contributed by atoms with Crippen LogP contribution in [0, 0.1) is 0 Å². The highest BCUT2D eigenvalue weighted by molar-refractivity contribution is 5.48. The number of likely N-dealkylation sites (tertiary alicyclic amines) is 1. The molecule has 1 fully saturated rings. The Hall–Kier alpha value is -0.370. The summed E-state index contributed by atoms with van der Waals surface area (Å²) < 4.78 is 0. The van der Waals surface area contributed by atoms with Crippen molar-refractivity contribution < 1.29 is 4.79 Å². The number of hydrogen-bond donors (Lipinski definition) is 0. The molecule has 1 aliphatic heterocycles. The molecule has 2 heteroatoms. The molecule has 12 heavy (non-hydrogen) atoms. The van der Waals surface area contributed by atoms with Gasteiger partial charge in [0, 0.05) is 12.5 Å². The Kier molecular flexibility index (Phi) is 4.30. The third kappa shape index (κ3) is 2.94. The van der Waals surface area contributed by atoms with Gasteiger partial charge in [-0.1, -0.05) is 6.42 Å². The lowest BCUT2D eigenvalue weighted by Gasteiger charge is -2.18. The first kappa shape index (κ1) is 9.72. The van der Waals surface area contributed by atoms with Gasteiger partial charge in [-0.2, -0.15) is 0 Å². The van der Waals surface area contributed by atoms with Gasteiger partial charge in [-0.15, -0.1) is 0 Å². The molecule has 0 amide bonds. The minimum absolute atomic E-state index is 0.746. The maximum atomic E-state index is 10.1. The summed E-state index contributed by atoms with van der Waals surface area (Å²) in [7, 11) is 2.21. The molecule has 0 aromatic carbocycles. The third-order valence-electron chi connectivity index (χ3n) is 2.78. The van der Waals surface area contributed by atoms with Crippen molar-refractivity contribution in [2.45, 2.75) is 44.6 Å². The van der Waals surface area contributed by atoms with Crippen LogP contribution < -0.4 is 0 Å². The van der Waals surface area contributed by atoms with Gasteiger partial charge in [0.25, 0.3) is 0 Å². The molecule has 0 aromatic heterocycles. The Labute approximate surface area is 74.9 Å². The standard InChI is InChI=1S/C10H19NO/c1-11-8-5-7-10(11)6-3-2-4-9-12/h9-10H,2-8H2,1H3. The van der Waals surface area contributed by atoms with Crippen LogP contribution in [0.5, 0.6) is 0 Å². The number of rotatable bonds is 5. The Morgan fingerprint density at radius 2 is 2.33 bits per heavy atom. The van der Waals surface area contributed by atoms with E-state index in [0.717, 1.165) is 25.2 Å². The van der Waals surface area contributed by atoms with Crippen molar-refractivity contribution in [3.05, 3.63) is 0 Å². The van der Waals surface area contributed by atoms with E-state index in [1.165, 1.54) is 32.2 Å². The van der Waals surface area contributed by atoms with Gasteiger partial charge in [0.05, 0.1) is 0 Å². The number of aldehydes is 1. The van der Waals surface area contributed by atoms with Crippen LogP contribution in [-0.2, 0) is 4.79 Å². The zero-order valence-corrected chi connectivity index (χ0v) is 7.96. The number of carbonyl (C=O) groups excluding carboxylic acids is 1. The summed E-state index contributed by atoms with van der Waals surface area (Å²) in [5.74, 6) is 0. The van der Waals surface area contributed by atoms with E-state index in [1.807, 2.05) is 0 Å². The molecule has 70 valence electrons. The van der Waals surface area contributed by atoms with Gasteiger partial charge >= 0.3 is 0 Å². The predicted octanol–water partition coefficient (Wildman–Crippen LogP) is 1.84. The molecule has 1 unspecified atom stereocenters. The van der Waals surface area contributed by atoms with Crippen LogP contribution in [0.1, 0.15) is 38.5 Å². The monoisotopic (exact) mass is 169 g/mol. The van der Waals surface area contributed by atoms with Crippen molar-refractivity contribution in [3.8, 4) is 0 Å². The molecule has 0 radical (unpaired) electrons. The van der Waals surface area contributed by atoms with Crippen molar-refractivity contribution >= 4 is 6.29 Å². The van der Waals surface area contributed by atoms with Crippen LogP contribution in [0.4, 0.5) is 0 Å². The van der Waals surface area contributed by atoms with Crippen molar-refractivity contribution in [1.82, 2.24) is 4.90 Å². The van der Waals surface area contributed by atoms with E-state index in [-0.39, 0.29) is 0 Å². The molecule has 1 atom stereocenters. The van der Waals surface area contributed by atoms with E-state index in [2.05, 4.69) is 11.9 Å². The van der Waals surface area contributed by atoms with Gasteiger partial charge in [0.1, 0.15) is 6.29 Å². The number of nitrogens with zero attached hydrogens (tertiary/aromatic N) is 1. The number of carbonyl (C=O) groups is 1. The molecule has 2 nitrogen and oxygen atoms in total. The number of unbranched alkanes of at least 4 members (excludes halogenated alkanes) is 2. The molecular weight excluding hydrogens is 150 g/mol. The summed E-state index contributed by atoms with van der Waals surface area (Å²) >= 11 is 0.